The summed E-state index contributed by atoms with van der Waals surface area (Å²) in [5.74, 6) is 1.70. The number of hydrogen-bond donors (Lipinski definition) is 1. The third kappa shape index (κ3) is 7.00. The van der Waals surface area contributed by atoms with Crippen LogP contribution in [0.25, 0.3) is 0 Å². The summed E-state index contributed by atoms with van der Waals surface area (Å²) in [4.78, 5) is 14.3. The smallest absolute Gasteiger partial charge is 0.223 e. The Balaban J connectivity index is 4.47. The lowest BCUT2D eigenvalue weighted by molar-refractivity contribution is -0.134. The van der Waals surface area contributed by atoms with Gasteiger partial charge in [0.15, 0.2) is 0 Å². The number of carbonyl (C=O) groups excluding carboxylic acids is 1. The molecule has 0 saturated heterocycles. The van der Waals surface area contributed by atoms with Crippen molar-refractivity contribution in [2.45, 2.75) is 60.4 Å². The van der Waals surface area contributed by atoms with Gasteiger partial charge in [0.1, 0.15) is 0 Å². The van der Waals surface area contributed by atoms with Crippen LogP contribution < -0.4 is 5.73 Å². The molecule has 0 rings (SSSR count). The molecular formula is C15H32N2O. The van der Waals surface area contributed by atoms with E-state index in [0.29, 0.717) is 30.7 Å². The van der Waals surface area contributed by atoms with Crippen molar-refractivity contribution in [2.75, 3.05) is 13.1 Å². The summed E-state index contributed by atoms with van der Waals surface area (Å²) < 4.78 is 0. The Morgan fingerprint density at radius 2 is 1.61 bits per heavy atom. The van der Waals surface area contributed by atoms with Crippen LogP contribution in [0.4, 0.5) is 0 Å². The van der Waals surface area contributed by atoms with E-state index in [0.717, 1.165) is 13.0 Å². The molecule has 0 heterocycles. The quantitative estimate of drug-likeness (QED) is 0.726. The van der Waals surface area contributed by atoms with E-state index in [1.807, 2.05) is 4.90 Å². The fraction of sp³-hybridized carbons (Fsp3) is 0.933. The minimum Gasteiger partial charge on any atom is -0.340 e. The molecular weight excluding hydrogens is 224 g/mol. The van der Waals surface area contributed by atoms with Gasteiger partial charge in [0.2, 0.25) is 5.91 Å². The van der Waals surface area contributed by atoms with Crippen LogP contribution in [0.5, 0.6) is 0 Å². The van der Waals surface area contributed by atoms with Crippen LogP contribution in [0.2, 0.25) is 0 Å². The molecule has 0 aliphatic carbocycles. The molecule has 0 aliphatic rings. The van der Waals surface area contributed by atoms with E-state index >= 15 is 0 Å². The fourth-order valence-corrected chi connectivity index (χ4v) is 2.29. The van der Waals surface area contributed by atoms with Gasteiger partial charge < -0.3 is 10.6 Å². The zero-order valence-electron chi connectivity index (χ0n) is 13.1. The summed E-state index contributed by atoms with van der Waals surface area (Å²) in [6, 6.07) is 0.275. The fourth-order valence-electron chi connectivity index (χ4n) is 2.29. The Hall–Kier alpha value is -0.570. The van der Waals surface area contributed by atoms with Gasteiger partial charge in [-0.15, -0.1) is 0 Å². The van der Waals surface area contributed by atoms with E-state index in [2.05, 4.69) is 41.5 Å². The highest BCUT2D eigenvalue weighted by Gasteiger charge is 2.21. The first-order chi connectivity index (χ1) is 8.27. The second kappa shape index (κ2) is 8.52. The summed E-state index contributed by atoms with van der Waals surface area (Å²) in [7, 11) is 0. The number of nitrogens with two attached hydrogens (primary N) is 1. The highest BCUT2D eigenvalue weighted by Crippen LogP contribution is 2.17. The lowest BCUT2D eigenvalue weighted by atomic mass is 9.93. The van der Waals surface area contributed by atoms with Crippen molar-refractivity contribution >= 4 is 5.91 Å². The summed E-state index contributed by atoms with van der Waals surface area (Å²) >= 11 is 0. The first-order valence-corrected chi connectivity index (χ1v) is 7.27. The molecule has 1 amide bonds. The Bertz CT molecular complexity index is 237. The molecule has 3 nitrogen and oxygen atoms in total. The zero-order valence-corrected chi connectivity index (χ0v) is 13.1. The van der Waals surface area contributed by atoms with Crippen molar-refractivity contribution in [3.63, 3.8) is 0 Å². The van der Waals surface area contributed by atoms with E-state index in [1.54, 1.807) is 0 Å². The molecule has 0 fully saturated rings. The molecule has 108 valence electrons. The van der Waals surface area contributed by atoms with E-state index in [4.69, 9.17) is 5.73 Å². The molecule has 0 aromatic carbocycles. The van der Waals surface area contributed by atoms with Gasteiger partial charge in [-0.25, -0.2) is 0 Å². The normalized spacial score (nSPS) is 13.4. The maximum atomic E-state index is 12.3. The van der Waals surface area contributed by atoms with Gasteiger partial charge in [-0.2, -0.15) is 0 Å². The molecule has 1 atom stereocenters. The van der Waals surface area contributed by atoms with Crippen molar-refractivity contribution in [3.8, 4) is 0 Å². The summed E-state index contributed by atoms with van der Waals surface area (Å²) in [6.45, 7) is 14.3. The topological polar surface area (TPSA) is 46.3 Å². The molecule has 0 aromatic rings. The summed E-state index contributed by atoms with van der Waals surface area (Å²) in [5, 5.41) is 0. The van der Waals surface area contributed by atoms with E-state index in [1.165, 1.54) is 0 Å². The largest absolute Gasteiger partial charge is 0.340 e. The van der Waals surface area contributed by atoms with Crippen molar-refractivity contribution in [1.29, 1.82) is 0 Å². The van der Waals surface area contributed by atoms with Crippen molar-refractivity contribution in [2.24, 2.45) is 23.5 Å². The summed E-state index contributed by atoms with van der Waals surface area (Å²) in [6.07, 6.45) is 1.63. The zero-order chi connectivity index (χ0) is 14.3. The number of amides is 1. The molecule has 0 radical (unpaired) electrons. The maximum Gasteiger partial charge on any atom is 0.223 e. The van der Waals surface area contributed by atoms with Crippen LogP contribution in [-0.2, 0) is 4.79 Å². The average molecular weight is 256 g/mol. The minimum atomic E-state index is 0.259. The number of rotatable bonds is 8. The van der Waals surface area contributed by atoms with Gasteiger partial charge in [0, 0.05) is 19.0 Å². The Morgan fingerprint density at radius 3 is 1.94 bits per heavy atom. The number of carbonyl (C=O) groups is 1. The Kier molecular flexibility index (Phi) is 8.25. The van der Waals surface area contributed by atoms with Gasteiger partial charge >= 0.3 is 0 Å². The number of hydrogen-bond acceptors (Lipinski definition) is 2. The lowest BCUT2D eigenvalue weighted by Crippen LogP contribution is -2.41. The van der Waals surface area contributed by atoms with Crippen LogP contribution in [0.15, 0.2) is 0 Å². The minimum absolute atomic E-state index is 0.259. The van der Waals surface area contributed by atoms with Crippen molar-refractivity contribution < 1.29 is 4.79 Å². The second-order valence-electron chi connectivity index (χ2n) is 6.47. The standard InChI is InChI=1S/C15H32N2O/c1-11(2)7-14(9-16)8-15(18)17(13(5)6)10-12(3)4/h11-14H,7-10,16H2,1-6H3. The van der Waals surface area contributed by atoms with Crippen LogP contribution in [0.3, 0.4) is 0 Å². The highest BCUT2D eigenvalue weighted by atomic mass is 16.2. The third-order valence-corrected chi connectivity index (χ3v) is 3.11. The van der Waals surface area contributed by atoms with Gasteiger partial charge in [0.25, 0.3) is 0 Å². The van der Waals surface area contributed by atoms with Crippen molar-refractivity contribution in [3.05, 3.63) is 0 Å². The average Bonchev–Trinajstić information content (AvgIpc) is 2.23. The van der Waals surface area contributed by atoms with Crippen molar-refractivity contribution in [1.82, 2.24) is 4.90 Å². The molecule has 0 saturated carbocycles. The monoisotopic (exact) mass is 256 g/mol. The third-order valence-electron chi connectivity index (χ3n) is 3.11. The first kappa shape index (κ1) is 17.4. The Morgan fingerprint density at radius 1 is 1.06 bits per heavy atom. The lowest BCUT2D eigenvalue weighted by Gasteiger charge is -2.30. The Labute approximate surface area is 113 Å². The molecule has 0 aliphatic heterocycles. The SMILES string of the molecule is CC(C)CC(CN)CC(=O)N(CC(C)C)C(C)C. The molecule has 1 unspecified atom stereocenters. The molecule has 0 aromatic heterocycles. The van der Waals surface area contributed by atoms with E-state index in [-0.39, 0.29) is 11.9 Å². The van der Waals surface area contributed by atoms with Gasteiger partial charge in [-0.1, -0.05) is 27.7 Å². The van der Waals surface area contributed by atoms with E-state index in [9.17, 15) is 4.79 Å². The number of nitrogens with zero attached hydrogens (tertiary/aromatic N) is 1. The molecule has 2 N–H and O–H groups in total. The first-order valence-electron chi connectivity index (χ1n) is 7.27. The molecule has 0 bridgehead atoms. The van der Waals surface area contributed by atoms with E-state index < -0.39 is 0 Å². The van der Waals surface area contributed by atoms with Gasteiger partial charge in [-0.3, -0.25) is 4.79 Å². The highest BCUT2D eigenvalue weighted by molar-refractivity contribution is 5.76. The van der Waals surface area contributed by atoms with Gasteiger partial charge in [0.05, 0.1) is 0 Å². The van der Waals surface area contributed by atoms with Crippen LogP contribution in [0.1, 0.15) is 54.4 Å². The summed E-state index contributed by atoms with van der Waals surface area (Å²) in [5.41, 5.74) is 5.78. The molecule has 3 heteroatoms. The maximum absolute atomic E-state index is 12.3. The van der Waals surface area contributed by atoms with Crippen LogP contribution in [-0.4, -0.2) is 29.9 Å². The van der Waals surface area contributed by atoms with Gasteiger partial charge in [-0.05, 0) is 44.6 Å². The predicted molar refractivity (Wildman–Crippen MR) is 78.3 cm³/mol. The molecule has 18 heavy (non-hydrogen) atoms. The predicted octanol–water partition coefficient (Wildman–Crippen LogP) is 2.89. The van der Waals surface area contributed by atoms with Crippen LogP contribution >= 0.6 is 0 Å². The second-order valence-corrected chi connectivity index (χ2v) is 6.47. The molecule has 0 spiro atoms. The van der Waals surface area contributed by atoms with Crippen LogP contribution in [0, 0.1) is 17.8 Å².